The summed E-state index contributed by atoms with van der Waals surface area (Å²) in [5, 5.41) is 9.25. The summed E-state index contributed by atoms with van der Waals surface area (Å²) in [4.78, 5) is 11.3. The molecular weight excluding hydrogens is 224 g/mol. The molecule has 94 valence electrons. The van der Waals surface area contributed by atoms with Gasteiger partial charge in [0.25, 0.3) is 0 Å². The van der Waals surface area contributed by atoms with Crippen LogP contribution in [0.25, 0.3) is 11.1 Å². The van der Waals surface area contributed by atoms with E-state index in [0.29, 0.717) is 11.5 Å². The number of hydrogen-bond acceptors (Lipinski definition) is 1. The molecule has 2 aliphatic carbocycles. The van der Waals surface area contributed by atoms with Crippen molar-refractivity contribution in [1.29, 1.82) is 0 Å². The van der Waals surface area contributed by atoms with E-state index in [1.54, 1.807) is 6.07 Å². The summed E-state index contributed by atoms with van der Waals surface area (Å²) in [7, 11) is 0. The maximum absolute atomic E-state index is 11.3. The third-order valence-corrected chi connectivity index (χ3v) is 3.41. The van der Waals surface area contributed by atoms with E-state index in [0.717, 1.165) is 23.1 Å². The fourth-order valence-corrected chi connectivity index (χ4v) is 2.29. The van der Waals surface area contributed by atoms with Gasteiger partial charge in [0.1, 0.15) is 0 Å². The van der Waals surface area contributed by atoms with E-state index in [1.165, 1.54) is 5.56 Å². The van der Waals surface area contributed by atoms with Gasteiger partial charge in [0.15, 0.2) is 0 Å². The van der Waals surface area contributed by atoms with Gasteiger partial charge in [-0.25, -0.2) is 4.79 Å². The monoisotopic (exact) mass is 242 g/mol. The average molecular weight is 242 g/mol. The Balaban J connectivity index is 2.68. The van der Waals surface area contributed by atoms with Gasteiger partial charge in [-0.05, 0) is 40.7 Å². The fourth-order valence-electron chi connectivity index (χ4n) is 2.29. The summed E-state index contributed by atoms with van der Waals surface area (Å²) in [6, 6.07) is 9.90. The molecule has 0 aromatic carbocycles. The number of carboxylic acids is 1. The second kappa shape index (κ2) is 4.81. The van der Waals surface area contributed by atoms with Gasteiger partial charge < -0.3 is 5.11 Å². The van der Waals surface area contributed by atoms with Crippen molar-refractivity contribution < 1.29 is 9.90 Å². The second-order valence-electron chi connectivity index (χ2n) is 4.89. The van der Waals surface area contributed by atoms with Crippen molar-refractivity contribution >= 4 is 5.97 Å². The molecule has 0 amide bonds. The molecule has 0 bridgehead atoms. The Morgan fingerprint density at radius 2 is 1.78 bits per heavy atom. The van der Waals surface area contributed by atoms with Gasteiger partial charge in [-0.1, -0.05) is 45.0 Å². The first-order chi connectivity index (χ1) is 8.54. The van der Waals surface area contributed by atoms with Crippen LogP contribution in [0.5, 0.6) is 0 Å². The highest BCUT2D eigenvalue weighted by Gasteiger charge is 2.18. The number of aromatic carboxylic acids is 1. The highest BCUT2D eigenvalue weighted by atomic mass is 16.4. The van der Waals surface area contributed by atoms with Crippen LogP contribution in [0, 0.1) is 0 Å². The van der Waals surface area contributed by atoms with E-state index in [1.807, 2.05) is 12.1 Å². The van der Waals surface area contributed by atoms with Crippen molar-refractivity contribution in [2.24, 2.45) is 0 Å². The molecule has 0 aromatic heterocycles. The minimum atomic E-state index is -0.850. The van der Waals surface area contributed by atoms with Crippen molar-refractivity contribution in [2.45, 2.75) is 33.1 Å². The average Bonchev–Trinajstić information content (AvgIpc) is 2.52. The van der Waals surface area contributed by atoms with Crippen LogP contribution in [0.1, 0.15) is 48.2 Å². The molecule has 0 fully saturated rings. The van der Waals surface area contributed by atoms with Crippen molar-refractivity contribution in [3.05, 3.63) is 47.0 Å². The zero-order chi connectivity index (χ0) is 13.3. The van der Waals surface area contributed by atoms with Gasteiger partial charge in [0.05, 0.1) is 5.56 Å². The normalized spacial score (nSPS) is 11.1. The third kappa shape index (κ3) is 2.10. The van der Waals surface area contributed by atoms with Gasteiger partial charge >= 0.3 is 5.97 Å². The van der Waals surface area contributed by atoms with Crippen LogP contribution in [-0.4, -0.2) is 11.1 Å². The Morgan fingerprint density at radius 3 is 2.28 bits per heavy atom. The van der Waals surface area contributed by atoms with Crippen molar-refractivity contribution in [3.63, 3.8) is 0 Å². The molecular formula is C16H18O2. The van der Waals surface area contributed by atoms with Gasteiger partial charge in [-0.2, -0.15) is 0 Å². The lowest BCUT2D eigenvalue weighted by Gasteiger charge is -1.99. The van der Waals surface area contributed by atoms with Crippen LogP contribution >= 0.6 is 0 Å². The van der Waals surface area contributed by atoms with Crippen LogP contribution < -0.4 is 0 Å². The summed E-state index contributed by atoms with van der Waals surface area (Å²) < 4.78 is 0. The van der Waals surface area contributed by atoms with Crippen molar-refractivity contribution in [3.8, 4) is 11.1 Å². The Bertz CT molecular complexity index is 555. The van der Waals surface area contributed by atoms with Gasteiger partial charge in [-0.3, -0.25) is 0 Å². The molecule has 2 aliphatic rings. The zero-order valence-electron chi connectivity index (χ0n) is 11.0. The number of carboxylic acid groups (broad SMARTS) is 1. The molecule has 0 aliphatic heterocycles. The molecule has 0 aromatic rings. The van der Waals surface area contributed by atoms with Crippen molar-refractivity contribution in [2.75, 3.05) is 0 Å². The summed E-state index contributed by atoms with van der Waals surface area (Å²) in [6.45, 7) is 6.33. The molecule has 18 heavy (non-hydrogen) atoms. The van der Waals surface area contributed by atoms with Crippen LogP contribution in [0.2, 0.25) is 0 Å². The fraction of sp³-hybridized carbons (Fsp3) is 0.312. The minimum absolute atomic E-state index is 0.410. The van der Waals surface area contributed by atoms with Crippen molar-refractivity contribution in [1.82, 2.24) is 0 Å². The van der Waals surface area contributed by atoms with Gasteiger partial charge in [-0.15, -0.1) is 0 Å². The van der Waals surface area contributed by atoms with Gasteiger partial charge in [0, 0.05) is 0 Å². The number of carbonyl (C=O) groups is 1. The Morgan fingerprint density at radius 1 is 1.17 bits per heavy atom. The highest BCUT2D eigenvalue weighted by molar-refractivity contribution is 5.99. The molecule has 0 atom stereocenters. The number of fused-ring (bicyclic) bond motifs is 1. The summed E-state index contributed by atoms with van der Waals surface area (Å²) >= 11 is 0. The minimum Gasteiger partial charge on any atom is -0.478 e. The van der Waals surface area contributed by atoms with E-state index in [4.69, 9.17) is 0 Å². The molecule has 2 rings (SSSR count). The molecule has 2 heteroatoms. The first kappa shape index (κ1) is 12.6. The second-order valence-corrected chi connectivity index (χ2v) is 4.89. The number of rotatable bonds is 3. The van der Waals surface area contributed by atoms with E-state index in [9.17, 15) is 9.90 Å². The molecule has 0 radical (unpaired) electrons. The lowest BCUT2D eigenvalue weighted by Crippen LogP contribution is -1.94. The third-order valence-electron chi connectivity index (χ3n) is 3.41. The Hall–Kier alpha value is -1.83. The standard InChI is InChI=1S/C16H18O2/c1-4-11-9-15(16(17)18)14-8-6-12(10(2)3)5-7-13(11)14/h5-10H,4H2,1-3H3,(H,17,18). The largest absolute Gasteiger partial charge is 0.478 e. The highest BCUT2D eigenvalue weighted by Crippen LogP contribution is 2.33. The van der Waals surface area contributed by atoms with Crippen LogP contribution in [0.4, 0.5) is 0 Å². The molecule has 0 saturated heterocycles. The quantitative estimate of drug-likeness (QED) is 0.876. The predicted molar refractivity (Wildman–Crippen MR) is 73.5 cm³/mol. The van der Waals surface area contributed by atoms with Crippen LogP contribution in [0.15, 0.2) is 30.3 Å². The number of aryl methyl sites for hydroxylation is 1. The molecule has 1 N–H and O–H groups in total. The maximum atomic E-state index is 11.3. The molecule has 2 nitrogen and oxygen atoms in total. The maximum Gasteiger partial charge on any atom is 0.336 e. The van der Waals surface area contributed by atoms with E-state index < -0.39 is 5.97 Å². The molecule has 0 spiro atoms. The summed E-state index contributed by atoms with van der Waals surface area (Å²) in [6.07, 6.45) is 0.852. The topological polar surface area (TPSA) is 37.3 Å². The lowest BCUT2D eigenvalue weighted by molar-refractivity contribution is 0.0698. The molecule has 0 saturated carbocycles. The predicted octanol–water partition coefficient (Wildman–Crippen LogP) is 4.18. The van der Waals surface area contributed by atoms with Crippen LogP contribution in [-0.2, 0) is 6.42 Å². The molecule has 0 unspecified atom stereocenters. The molecule has 0 heterocycles. The van der Waals surface area contributed by atoms with E-state index in [2.05, 4.69) is 32.9 Å². The smallest absolute Gasteiger partial charge is 0.336 e. The van der Waals surface area contributed by atoms with E-state index in [-0.39, 0.29) is 0 Å². The summed E-state index contributed by atoms with van der Waals surface area (Å²) in [5.41, 5.74) is 4.64. The van der Waals surface area contributed by atoms with E-state index >= 15 is 0 Å². The summed E-state index contributed by atoms with van der Waals surface area (Å²) in [5.74, 6) is -0.406. The first-order valence-electron chi connectivity index (χ1n) is 6.33. The van der Waals surface area contributed by atoms with Gasteiger partial charge in [0.2, 0.25) is 0 Å². The lowest BCUT2D eigenvalue weighted by atomic mass is 10.1. The number of hydrogen-bond donors (Lipinski definition) is 1. The SMILES string of the molecule is CCc1cc(C(=O)O)c2ccc(C(C)C)ccc1-2. The Kier molecular flexibility index (Phi) is 3.37. The first-order valence-corrected chi connectivity index (χ1v) is 6.33. The van der Waals surface area contributed by atoms with Crippen LogP contribution in [0.3, 0.4) is 0 Å². The Labute approximate surface area is 108 Å². The zero-order valence-corrected chi connectivity index (χ0v) is 11.0.